The number of carbonyl (C=O) groups excluding carboxylic acids is 2. The van der Waals surface area contributed by atoms with Crippen LogP contribution in [0.4, 0.5) is 26.7 Å². The lowest BCUT2D eigenvalue weighted by molar-refractivity contribution is -0.136. The van der Waals surface area contributed by atoms with Crippen LogP contribution >= 0.6 is 0 Å². The summed E-state index contributed by atoms with van der Waals surface area (Å²) in [6.45, 7) is 10.1. The minimum absolute atomic E-state index is 0.0197. The van der Waals surface area contributed by atoms with Crippen LogP contribution in [0.5, 0.6) is 5.75 Å². The number of amides is 1. The molecular weight excluding hydrogens is 994 g/mol. The smallest absolute Gasteiger partial charge is 0.409 e. The highest BCUT2D eigenvalue weighted by Gasteiger charge is 2.30. The molecule has 0 saturated heterocycles. The molecule has 0 spiro atoms. The maximum Gasteiger partial charge on any atom is 0.409 e. The highest BCUT2D eigenvalue weighted by atomic mass is 19.2. The Kier molecular flexibility index (Phi) is 32.7. The molecule has 0 unspecified atom stereocenters. The number of likely N-dealkylation sites (N-methyl/N-ethyl adjacent to an activating group) is 1. The Balaban J connectivity index is 0.763. The Morgan fingerprint density at radius 1 is 0.405 bits per heavy atom. The van der Waals surface area contributed by atoms with Gasteiger partial charge in [-0.15, -0.1) is 0 Å². The molecule has 0 saturated carbocycles. The van der Waals surface area contributed by atoms with E-state index in [1.54, 1.807) is 7.05 Å². The second-order valence-corrected chi connectivity index (χ2v) is 15.8. The van der Waals surface area contributed by atoms with Gasteiger partial charge < -0.3 is 76.0 Å². The molecule has 4 rings (SSSR count). The Morgan fingerprint density at radius 3 is 1.03 bits per heavy atom. The molecule has 1 aliphatic rings. The second kappa shape index (κ2) is 39.0. The lowest BCUT2D eigenvalue weighted by atomic mass is 9.98. The van der Waals surface area contributed by atoms with Gasteiger partial charge in [0.25, 0.3) is 0 Å². The Labute approximate surface area is 428 Å². The first-order chi connectivity index (χ1) is 36.2. The van der Waals surface area contributed by atoms with Crippen molar-refractivity contribution < 1.29 is 103 Å². The van der Waals surface area contributed by atoms with Crippen LogP contribution in [-0.2, 0) is 71.1 Å². The molecule has 3 aromatic rings. The summed E-state index contributed by atoms with van der Waals surface area (Å²) >= 11 is 0. The Bertz CT molecular complexity index is 1930. The summed E-state index contributed by atoms with van der Waals surface area (Å²) in [6, 6.07) is 16.5. The fraction of sp³-hybridized carbons (Fsp3) is 0.608. The quantitative estimate of drug-likeness (QED) is 0.0166. The number of fused-ring (bicyclic) bond motifs is 3. The van der Waals surface area contributed by atoms with E-state index in [0.717, 1.165) is 0 Å². The fourth-order valence-electron chi connectivity index (χ4n) is 6.73. The van der Waals surface area contributed by atoms with Crippen molar-refractivity contribution in [1.29, 1.82) is 0 Å². The van der Waals surface area contributed by atoms with Gasteiger partial charge in [0.2, 0.25) is 34.8 Å². The van der Waals surface area contributed by atoms with Gasteiger partial charge in [-0.25, -0.2) is 18.0 Å². The van der Waals surface area contributed by atoms with Gasteiger partial charge in [-0.05, 0) is 22.3 Å². The zero-order valence-corrected chi connectivity index (χ0v) is 42.0. The summed E-state index contributed by atoms with van der Waals surface area (Å²) in [5.41, 5.74) is 4.74. The zero-order valence-electron chi connectivity index (χ0n) is 42.0. The molecule has 23 heteroatoms. The third-order valence-electron chi connectivity index (χ3n) is 10.5. The molecule has 0 aromatic heterocycles. The van der Waals surface area contributed by atoms with Crippen molar-refractivity contribution in [2.24, 2.45) is 0 Å². The second-order valence-electron chi connectivity index (χ2n) is 15.8. The number of carbonyl (C=O) groups is 2. The van der Waals surface area contributed by atoms with Crippen molar-refractivity contribution in [1.82, 2.24) is 4.90 Å². The van der Waals surface area contributed by atoms with E-state index in [1.807, 2.05) is 24.3 Å². The molecule has 0 N–H and O–H groups in total. The monoisotopic (exact) mass is 1060 g/mol. The van der Waals surface area contributed by atoms with Gasteiger partial charge >= 0.3 is 12.1 Å². The molecule has 0 atom stereocenters. The molecule has 416 valence electrons. The number of hydrogen-bond acceptors (Lipinski definition) is 17. The van der Waals surface area contributed by atoms with Crippen molar-refractivity contribution in [3.63, 3.8) is 0 Å². The van der Waals surface area contributed by atoms with E-state index in [9.17, 15) is 31.5 Å². The van der Waals surface area contributed by atoms with E-state index < -0.39 is 47.2 Å². The van der Waals surface area contributed by atoms with E-state index in [1.165, 1.54) is 27.2 Å². The zero-order chi connectivity index (χ0) is 52.9. The highest BCUT2D eigenvalue weighted by Crippen LogP contribution is 2.44. The third kappa shape index (κ3) is 24.5. The summed E-state index contributed by atoms with van der Waals surface area (Å²) in [7, 11) is 1.70. The summed E-state index contributed by atoms with van der Waals surface area (Å²) in [6.07, 6.45) is -0.877. The predicted molar refractivity (Wildman–Crippen MR) is 255 cm³/mol. The molecule has 74 heavy (non-hydrogen) atoms. The standard InChI is InChI=1S/C51H70F5NO17/c1-57(51(59)73-38-43-41-8-4-2-6-39(41)40-7-3-5-9-42(40)43)11-13-61-15-17-63-19-21-65-23-25-67-27-29-69-31-33-71-35-37-72-36-34-70-32-30-68-28-26-66-24-22-64-20-18-62-16-14-60-12-10-44(58)74-50-48(55)46(53)45(52)47(54)49(50)56/h2-9,43H,10-38H2,1H3. The molecule has 0 fully saturated rings. The van der Waals surface area contributed by atoms with Crippen LogP contribution in [0.25, 0.3) is 11.1 Å². The number of ether oxygens (including phenoxy) is 15. The van der Waals surface area contributed by atoms with Crippen molar-refractivity contribution in [2.45, 2.75) is 12.3 Å². The molecule has 18 nitrogen and oxygen atoms in total. The first-order valence-corrected chi connectivity index (χ1v) is 24.5. The van der Waals surface area contributed by atoms with Crippen molar-refractivity contribution in [3.8, 4) is 16.9 Å². The van der Waals surface area contributed by atoms with E-state index in [2.05, 4.69) is 29.0 Å². The number of rotatable bonds is 45. The number of hydrogen-bond donors (Lipinski definition) is 0. The number of halogens is 5. The lowest BCUT2D eigenvalue weighted by Gasteiger charge is -2.19. The summed E-state index contributed by atoms with van der Waals surface area (Å²) in [5, 5.41) is 0. The van der Waals surface area contributed by atoms with E-state index in [4.69, 9.17) is 66.3 Å². The predicted octanol–water partition coefficient (Wildman–Crippen LogP) is 5.77. The van der Waals surface area contributed by atoms with Crippen LogP contribution in [0.3, 0.4) is 0 Å². The van der Waals surface area contributed by atoms with Gasteiger partial charge in [-0.1, -0.05) is 48.5 Å². The molecular formula is C51H70F5NO17. The minimum atomic E-state index is -2.35. The van der Waals surface area contributed by atoms with Crippen molar-refractivity contribution >= 4 is 12.1 Å². The SMILES string of the molecule is CN(CCOCCOCCOCCOCCOCCOCCOCCOCCOCCOCCOCCOCCOCCC(=O)Oc1c(F)c(F)c(F)c(F)c1F)C(=O)OCC1c2ccccc2-c2ccccc21. The topological polar surface area (TPSA) is 176 Å². The van der Waals surface area contributed by atoms with E-state index in [0.29, 0.717) is 152 Å². The van der Waals surface area contributed by atoms with Crippen molar-refractivity contribution in [3.05, 3.63) is 88.7 Å². The fourth-order valence-corrected chi connectivity index (χ4v) is 6.73. The van der Waals surface area contributed by atoms with Crippen LogP contribution in [0.1, 0.15) is 23.5 Å². The molecule has 0 heterocycles. The van der Waals surface area contributed by atoms with Crippen LogP contribution < -0.4 is 4.74 Å². The van der Waals surface area contributed by atoms with Gasteiger partial charge in [0, 0.05) is 19.5 Å². The summed E-state index contributed by atoms with van der Waals surface area (Å²) in [5.74, 6) is -14.2. The molecule has 0 aliphatic heterocycles. The van der Waals surface area contributed by atoms with Gasteiger partial charge in [-0.3, -0.25) is 4.79 Å². The average Bonchev–Trinajstić information content (AvgIpc) is 3.73. The van der Waals surface area contributed by atoms with Gasteiger partial charge in [0.15, 0.2) is 0 Å². The molecule has 1 aliphatic carbocycles. The number of benzene rings is 3. The Hall–Kier alpha value is -4.47. The highest BCUT2D eigenvalue weighted by molar-refractivity contribution is 5.79. The van der Waals surface area contributed by atoms with Crippen LogP contribution in [0.2, 0.25) is 0 Å². The maximum atomic E-state index is 13.6. The number of nitrogens with zero attached hydrogens (tertiary/aromatic N) is 1. The lowest BCUT2D eigenvalue weighted by Crippen LogP contribution is -2.32. The number of esters is 1. The average molecular weight is 1060 g/mol. The van der Waals surface area contributed by atoms with Crippen LogP contribution in [0, 0.1) is 29.1 Å². The van der Waals surface area contributed by atoms with Crippen LogP contribution in [-0.4, -0.2) is 209 Å². The molecule has 0 radical (unpaired) electrons. The maximum absolute atomic E-state index is 13.6. The molecule has 3 aromatic carbocycles. The summed E-state index contributed by atoms with van der Waals surface area (Å²) < 4.78 is 148. The largest absolute Gasteiger partial charge is 0.448 e. The van der Waals surface area contributed by atoms with Gasteiger partial charge in [-0.2, -0.15) is 8.78 Å². The summed E-state index contributed by atoms with van der Waals surface area (Å²) in [4.78, 5) is 25.9. The van der Waals surface area contributed by atoms with E-state index in [-0.39, 0.29) is 45.0 Å². The molecule has 1 amide bonds. The van der Waals surface area contributed by atoms with Gasteiger partial charge in [0.1, 0.15) is 6.61 Å². The first-order valence-electron chi connectivity index (χ1n) is 24.5. The third-order valence-corrected chi connectivity index (χ3v) is 10.5. The van der Waals surface area contributed by atoms with E-state index >= 15 is 0 Å². The Morgan fingerprint density at radius 2 is 0.689 bits per heavy atom. The normalized spacial score (nSPS) is 12.1. The van der Waals surface area contributed by atoms with Gasteiger partial charge in [0.05, 0.1) is 178 Å². The first kappa shape index (κ1) is 62.1. The molecule has 0 bridgehead atoms. The minimum Gasteiger partial charge on any atom is -0.448 e. The van der Waals surface area contributed by atoms with Crippen LogP contribution in [0.15, 0.2) is 48.5 Å². The van der Waals surface area contributed by atoms with Crippen molar-refractivity contribution in [2.75, 3.05) is 192 Å².